The van der Waals surface area contributed by atoms with Gasteiger partial charge >= 0.3 is 0 Å². The summed E-state index contributed by atoms with van der Waals surface area (Å²) in [5.74, 6) is 0.344. The van der Waals surface area contributed by atoms with E-state index in [-0.39, 0.29) is 22.2 Å². The van der Waals surface area contributed by atoms with Gasteiger partial charge in [0, 0.05) is 28.4 Å². The maximum absolute atomic E-state index is 12.4. The van der Waals surface area contributed by atoms with Crippen molar-refractivity contribution < 1.29 is 10.0 Å². The number of aromatic nitrogens is 1. The van der Waals surface area contributed by atoms with Crippen LogP contribution in [0.15, 0.2) is 54.7 Å². The van der Waals surface area contributed by atoms with E-state index in [1.807, 2.05) is 30.5 Å². The number of carbonyl (C=O) groups excluding carboxylic acids is 1. The Hall–Kier alpha value is -2.48. The minimum atomic E-state index is -0.197. The van der Waals surface area contributed by atoms with E-state index in [1.165, 1.54) is 12.1 Å². The third-order valence-electron chi connectivity index (χ3n) is 4.08. The van der Waals surface area contributed by atoms with Gasteiger partial charge in [0.05, 0.1) is 11.4 Å². The lowest BCUT2D eigenvalue weighted by molar-refractivity contribution is -0.115. The number of thioether (sulfide) groups is 1. The van der Waals surface area contributed by atoms with Gasteiger partial charge in [-0.3, -0.25) is 14.9 Å². The summed E-state index contributed by atoms with van der Waals surface area (Å²) in [4.78, 5) is 17.3. The molecule has 2 aromatic carbocycles. The molecule has 1 saturated heterocycles. The topological polar surface area (TPSA) is 82.6 Å². The van der Waals surface area contributed by atoms with Crippen LogP contribution in [0.1, 0.15) is 10.9 Å². The average molecular weight is 340 g/mol. The second-order valence-corrected chi connectivity index (χ2v) is 6.58. The van der Waals surface area contributed by atoms with E-state index in [1.54, 1.807) is 28.8 Å². The first-order chi connectivity index (χ1) is 11.6. The number of carbonyl (C=O) groups is 1. The van der Waals surface area contributed by atoms with E-state index in [9.17, 15) is 10.0 Å². The highest BCUT2D eigenvalue weighted by Crippen LogP contribution is 2.44. The molecule has 2 heterocycles. The van der Waals surface area contributed by atoms with Crippen LogP contribution in [0.5, 0.6) is 0 Å². The molecule has 1 unspecified atom stereocenters. The molecule has 0 saturated carbocycles. The summed E-state index contributed by atoms with van der Waals surface area (Å²) in [5.41, 5.74) is 2.72. The van der Waals surface area contributed by atoms with Gasteiger partial charge in [-0.05, 0) is 24.3 Å². The summed E-state index contributed by atoms with van der Waals surface area (Å²) >= 11 is 1.54. The van der Waals surface area contributed by atoms with Crippen LogP contribution >= 0.6 is 11.8 Å². The monoisotopic (exact) mass is 340 g/mol. The predicted octanol–water partition coefficient (Wildman–Crippen LogP) is 3.64. The highest BCUT2D eigenvalue weighted by molar-refractivity contribution is 8.00. The molecular weight excluding hydrogens is 326 g/mol. The zero-order chi connectivity index (χ0) is 16.7. The number of anilines is 2. The first kappa shape index (κ1) is 15.1. The van der Waals surface area contributed by atoms with Gasteiger partial charge in [-0.1, -0.05) is 24.3 Å². The molecule has 1 amide bonds. The van der Waals surface area contributed by atoms with Crippen molar-refractivity contribution in [2.75, 3.05) is 15.9 Å². The summed E-state index contributed by atoms with van der Waals surface area (Å²) < 4.78 is 0. The molecule has 1 aliphatic heterocycles. The lowest BCUT2D eigenvalue weighted by Gasteiger charge is -2.27. The third kappa shape index (κ3) is 2.43. The van der Waals surface area contributed by atoms with Gasteiger partial charge in [0.25, 0.3) is 0 Å². The molecule has 24 heavy (non-hydrogen) atoms. The van der Waals surface area contributed by atoms with Crippen LogP contribution in [0, 0.1) is 5.21 Å². The molecule has 0 spiro atoms. The summed E-state index contributed by atoms with van der Waals surface area (Å²) in [6, 6.07) is 14.4. The van der Waals surface area contributed by atoms with Gasteiger partial charge in [0.1, 0.15) is 5.37 Å². The first-order valence-electron chi connectivity index (χ1n) is 7.41. The number of nitrogens with zero attached hydrogens (tertiary/aromatic N) is 2. The zero-order valence-electron chi connectivity index (χ0n) is 12.5. The second kappa shape index (κ2) is 5.86. The van der Waals surface area contributed by atoms with Gasteiger partial charge in [-0.2, -0.15) is 0 Å². The van der Waals surface area contributed by atoms with Crippen molar-refractivity contribution >= 4 is 39.9 Å². The van der Waals surface area contributed by atoms with Crippen LogP contribution in [0.4, 0.5) is 11.4 Å². The number of amides is 1. The van der Waals surface area contributed by atoms with Crippen LogP contribution < -0.4 is 10.1 Å². The molecule has 1 aromatic heterocycles. The second-order valence-electron chi connectivity index (χ2n) is 5.51. The van der Waals surface area contributed by atoms with E-state index >= 15 is 0 Å². The molecule has 1 fully saturated rings. The quantitative estimate of drug-likeness (QED) is 0.711. The fourth-order valence-corrected chi connectivity index (χ4v) is 4.20. The largest absolute Gasteiger partial charge is 0.733 e. The number of hydrogen-bond donors (Lipinski definition) is 2. The smallest absolute Gasteiger partial charge is 0.238 e. The first-order valence-corrected chi connectivity index (χ1v) is 8.46. The number of aromatic amines is 1. The Morgan fingerprint density at radius 1 is 1.25 bits per heavy atom. The standard InChI is InChI=1S/C17H14N3O3S/c21-16-10-24-17(14-9-18-15-7-2-1-6-13(14)15)19(16)11-4-3-5-12(8-11)20(22)23/h1-9,17-18,22H,10H2/q-1. The summed E-state index contributed by atoms with van der Waals surface area (Å²) in [5, 5.41) is 20.9. The van der Waals surface area contributed by atoms with Crippen LogP contribution in [0.3, 0.4) is 0 Å². The molecule has 1 aliphatic rings. The van der Waals surface area contributed by atoms with Gasteiger partial charge in [0.15, 0.2) is 0 Å². The van der Waals surface area contributed by atoms with Gasteiger partial charge < -0.3 is 15.4 Å². The fraction of sp³-hybridized carbons (Fsp3) is 0.118. The fourth-order valence-electron chi connectivity index (χ4n) is 2.99. The maximum Gasteiger partial charge on any atom is 0.238 e. The Morgan fingerprint density at radius 2 is 2.08 bits per heavy atom. The molecule has 7 heteroatoms. The Labute approximate surface area is 142 Å². The van der Waals surface area contributed by atoms with Crippen molar-refractivity contribution in [1.29, 1.82) is 0 Å². The van der Waals surface area contributed by atoms with Gasteiger partial charge in [-0.15, -0.1) is 11.8 Å². The van der Waals surface area contributed by atoms with Crippen molar-refractivity contribution in [2.45, 2.75) is 5.37 Å². The van der Waals surface area contributed by atoms with Crippen molar-refractivity contribution in [3.8, 4) is 0 Å². The molecule has 2 N–H and O–H groups in total. The zero-order valence-corrected chi connectivity index (χ0v) is 13.4. The van der Waals surface area contributed by atoms with Crippen LogP contribution in [-0.4, -0.2) is 21.9 Å². The van der Waals surface area contributed by atoms with Crippen molar-refractivity contribution in [1.82, 2.24) is 4.98 Å². The van der Waals surface area contributed by atoms with Crippen molar-refractivity contribution in [3.05, 3.63) is 65.5 Å². The molecule has 122 valence electrons. The molecule has 3 aromatic rings. The molecule has 4 rings (SSSR count). The summed E-state index contributed by atoms with van der Waals surface area (Å²) in [6.07, 6.45) is 1.92. The number of nitrogens with one attached hydrogen (secondary N) is 1. The minimum absolute atomic E-state index is 0.0252. The highest BCUT2D eigenvalue weighted by Gasteiger charge is 2.35. The van der Waals surface area contributed by atoms with E-state index in [0.29, 0.717) is 11.4 Å². The number of H-pyrrole nitrogens is 1. The number of fused-ring (bicyclic) bond motifs is 1. The Bertz CT molecular complexity index is 909. The summed E-state index contributed by atoms with van der Waals surface area (Å²) in [6.45, 7) is 0. The van der Waals surface area contributed by atoms with Crippen LogP contribution in [0.2, 0.25) is 0 Å². The number of rotatable bonds is 3. The summed E-state index contributed by atoms with van der Waals surface area (Å²) in [7, 11) is 0. The Balaban J connectivity index is 1.78. The van der Waals surface area contributed by atoms with E-state index in [2.05, 4.69) is 4.98 Å². The maximum atomic E-state index is 12.4. The van der Waals surface area contributed by atoms with Gasteiger partial charge in [-0.25, -0.2) is 0 Å². The highest BCUT2D eigenvalue weighted by atomic mass is 32.2. The average Bonchev–Trinajstić information content (AvgIpc) is 3.18. The molecule has 0 radical (unpaired) electrons. The van der Waals surface area contributed by atoms with E-state index in [4.69, 9.17) is 5.21 Å². The number of benzene rings is 2. The van der Waals surface area contributed by atoms with Crippen LogP contribution in [0.25, 0.3) is 10.9 Å². The minimum Gasteiger partial charge on any atom is -0.733 e. The lowest BCUT2D eigenvalue weighted by Crippen LogP contribution is -2.27. The molecule has 0 bridgehead atoms. The number of hydrogen-bond acceptors (Lipinski definition) is 5. The van der Waals surface area contributed by atoms with Crippen molar-refractivity contribution in [3.63, 3.8) is 0 Å². The molecule has 1 atom stereocenters. The molecule has 6 nitrogen and oxygen atoms in total. The Morgan fingerprint density at radius 3 is 2.92 bits per heavy atom. The lowest BCUT2D eigenvalue weighted by atomic mass is 10.1. The Kier molecular flexibility index (Phi) is 3.68. The number of para-hydroxylation sites is 1. The SMILES string of the molecule is O=C1CSC(c2c[nH]c3ccccc23)N1c1cccc(N([O-])O)c1. The molecule has 0 aliphatic carbocycles. The normalized spacial score (nSPS) is 17.7. The predicted molar refractivity (Wildman–Crippen MR) is 95.1 cm³/mol. The third-order valence-corrected chi connectivity index (χ3v) is 5.28. The van der Waals surface area contributed by atoms with Gasteiger partial charge in [0.2, 0.25) is 5.91 Å². The van der Waals surface area contributed by atoms with Crippen molar-refractivity contribution in [2.24, 2.45) is 0 Å². The van der Waals surface area contributed by atoms with E-state index < -0.39 is 0 Å². The molecular formula is C17H14N3O3S-. The van der Waals surface area contributed by atoms with Crippen LogP contribution in [-0.2, 0) is 4.79 Å². The van der Waals surface area contributed by atoms with E-state index in [0.717, 1.165) is 16.5 Å².